The van der Waals surface area contributed by atoms with Gasteiger partial charge in [0, 0.05) is 16.4 Å². The number of sulfone groups is 1. The molecule has 0 aromatic heterocycles. The third kappa shape index (κ3) is 4.04. The molecule has 0 heterocycles. The Morgan fingerprint density at radius 3 is 2.74 bits per heavy atom. The maximum atomic E-state index is 11.6. The number of anilines is 1. The Balaban J connectivity index is 2.04. The monoisotopic (exact) mass is 319 g/mol. The van der Waals surface area contributed by atoms with Crippen LogP contribution >= 0.6 is 23.4 Å². The van der Waals surface area contributed by atoms with Gasteiger partial charge in [-0.05, 0) is 37.5 Å². The average molecular weight is 320 g/mol. The van der Waals surface area contributed by atoms with E-state index in [1.165, 1.54) is 6.26 Å². The molecular formula is C13H18ClNO2S2. The molecule has 0 aliphatic heterocycles. The minimum atomic E-state index is -2.93. The maximum absolute atomic E-state index is 11.6. The number of benzene rings is 1. The summed E-state index contributed by atoms with van der Waals surface area (Å²) in [4.78, 5) is 1.05. The largest absolute Gasteiger partial charge is 0.398 e. The fraction of sp³-hybridized carbons (Fsp3) is 0.538. The van der Waals surface area contributed by atoms with E-state index in [0.717, 1.165) is 30.6 Å². The van der Waals surface area contributed by atoms with Crippen molar-refractivity contribution < 1.29 is 8.42 Å². The fourth-order valence-electron chi connectivity index (χ4n) is 2.37. The van der Waals surface area contributed by atoms with Gasteiger partial charge < -0.3 is 5.73 Å². The van der Waals surface area contributed by atoms with Gasteiger partial charge in [0.05, 0.1) is 16.0 Å². The summed E-state index contributed by atoms with van der Waals surface area (Å²) < 4.78 is 23.3. The highest BCUT2D eigenvalue weighted by Gasteiger charge is 2.29. The van der Waals surface area contributed by atoms with Crippen molar-refractivity contribution in [1.29, 1.82) is 0 Å². The first-order valence-electron chi connectivity index (χ1n) is 6.27. The molecule has 3 nitrogen and oxygen atoms in total. The van der Waals surface area contributed by atoms with Crippen LogP contribution in [0.15, 0.2) is 23.1 Å². The molecule has 0 radical (unpaired) electrons. The van der Waals surface area contributed by atoms with E-state index in [9.17, 15) is 8.42 Å². The van der Waals surface area contributed by atoms with Crippen molar-refractivity contribution in [3.8, 4) is 0 Å². The van der Waals surface area contributed by atoms with Gasteiger partial charge in [-0.25, -0.2) is 8.42 Å². The van der Waals surface area contributed by atoms with Gasteiger partial charge in [0.2, 0.25) is 0 Å². The molecule has 6 heteroatoms. The van der Waals surface area contributed by atoms with E-state index in [0.29, 0.717) is 16.0 Å². The first kappa shape index (κ1) is 15.0. The lowest BCUT2D eigenvalue weighted by atomic mass is 10.00. The van der Waals surface area contributed by atoms with Crippen LogP contribution in [0.5, 0.6) is 0 Å². The Kier molecular flexibility index (Phi) is 4.69. The van der Waals surface area contributed by atoms with Crippen LogP contribution in [0, 0.1) is 0 Å². The summed E-state index contributed by atoms with van der Waals surface area (Å²) in [5.74, 6) is 0. The lowest BCUT2D eigenvalue weighted by molar-refractivity contribution is 0.495. The smallest absolute Gasteiger partial charge is 0.150 e. The third-order valence-corrected chi connectivity index (χ3v) is 6.71. The van der Waals surface area contributed by atoms with Gasteiger partial charge in [0.1, 0.15) is 9.84 Å². The molecule has 0 amide bonds. The number of hydrogen-bond acceptors (Lipinski definition) is 4. The second-order valence-corrected chi connectivity index (χ2v) is 9.15. The van der Waals surface area contributed by atoms with E-state index < -0.39 is 9.84 Å². The van der Waals surface area contributed by atoms with Gasteiger partial charge in [-0.2, -0.15) is 0 Å². The highest BCUT2D eigenvalue weighted by atomic mass is 35.5. The van der Waals surface area contributed by atoms with Crippen LogP contribution in [0.1, 0.15) is 25.7 Å². The van der Waals surface area contributed by atoms with Crippen molar-refractivity contribution in [1.82, 2.24) is 0 Å². The predicted octanol–water partition coefficient (Wildman–Crippen LogP) is 3.37. The first-order valence-corrected chi connectivity index (χ1v) is 9.48. The molecule has 2 N–H and O–H groups in total. The summed E-state index contributed by atoms with van der Waals surface area (Å²) in [7, 11) is -2.93. The zero-order valence-electron chi connectivity index (χ0n) is 10.8. The van der Waals surface area contributed by atoms with E-state index in [2.05, 4.69) is 0 Å². The topological polar surface area (TPSA) is 60.2 Å². The Bertz CT molecular complexity index is 560. The van der Waals surface area contributed by atoms with E-state index in [1.54, 1.807) is 17.8 Å². The fourth-order valence-corrected chi connectivity index (χ4v) is 5.25. The molecule has 0 bridgehead atoms. The molecule has 1 aromatic rings. The van der Waals surface area contributed by atoms with Gasteiger partial charge in [-0.3, -0.25) is 0 Å². The molecule has 19 heavy (non-hydrogen) atoms. The molecule has 2 atom stereocenters. The molecule has 1 aliphatic carbocycles. The Morgan fingerprint density at radius 1 is 1.37 bits per heavy atom. The quantitative estimate of drug-likeness (QED) is 0.868. The number of rotatable bonds is 3. The van der Waals surface area contributed by atoms with Gasteiger partial charge in [-0.15, -0.1) is 11.8 Å². The first-order chi connectivity index (χ1) is 8.86. The molecule has 2 rings (SSSR count). The van der Waals surface area contributed by atoms with Crippen molar-refractivity contribution in [2.45, 2.75) is 41.1 Å². The van der Waals surface area contributed by atoms with Gasteiger partial charge >= 0.3 is 0 Å². The Morgan fingerprint density at radius 2 is 2.11 bits per heavy atom. The lowest BCUT2D eigenvalue weighted by Crippen LogP contribution is -2.28. The van der Waals surface area contributed by atoms with Crippen molar-refractivity contribution in [3.05, 3.63) is 23.2 Å². The second kappa shape index (κ2) is 5.94. The van der Waals surface area contributed by atoms with Crippen LogP contribution in [0.2, 0.25) is 5.02 Å². The van der Waals surface area contributed by atoms with Crippen LogP contribution in [-0.4, -0.2) is 25.2 Å². The van der Waals surface area contributed by atoms with Crippen LogP contribution in [0.25, 0.3) is 0 Å². The highest BCUT2D eigenvalue weighted by Crippen LogP contribution is 2.37. The van der Waals surface area contributed by atoms with Crippen molar-refractivity contribution in [2.24, 2.45) is 0 Å². The normalized spacial score (nSPS) is 24.3. The standard InChI is InChI=1S/C13H18ClNO2S2/c1-19(16,17)11-4-2-3-9(7-11)18-10-5-6-13(15)12(14)8-10/h5-6,8-9,11H,2-4,7,15H2,1H3. The molecule has 1 fully saturated rings. The number of hydrogen-bond donors (Lipinski definition) is 1. The molecule has 1 aliphatic rings. The predicted molar refractivity (Wildman–Crippen MR) is 82.6 cm³/mol. The van der Waals surface area contributed by atoms with Crippen molar-refractivity contribution >= 4 is 38.9 Å². The van der Waals surface area contributed by atoms with Crippen LogP contribution in [0.3, 0.4) is 0 Å². The molecular weight excluding hydrogens is 302 g/mol. The summed E-state index contributed by atoms with van der Waals surface area (Å²) >= 11 is 7.70. The minimum Gasteiger partial charge on any atom is -0.398 e. The van der Waals surface area contributed by atoms with Crippen molar-refractivity contribution in [3.63, 3.8) is 0 Å². The van der Waals surface area contributed by atoms with Crippen LogP contribution in [-0.2, 0) is 9.84 Å². The summed E-state index contributed by atoms with van der Waals surface area (Å²) in [5, 5.41) is 0.705. The second-order valence-electron chi connectivity index (χ2n) is 5.04. The summed E-state index contributed by atoms with van der Waals surface area (Å²) in [6.45, 7) is 0. The highest BCUT2D eigenvalue weighted by molar-refractivity contribution is 8.00. The number of halogens is 1. The Labute approximate surface area is 123 Å². The summed E-state index contributed by atoms with van der Waals surface area (Å²) in [6.07, 6.45) is 4.88. The van der Waals surface area contributed by atoms with E-state index in [1.807, 2.05) is 12.1 Å². The molecule has 106 valence electrons. The lowest BCUT2D eigenvalue weighted by Gasteiger charge is -2.27. The van der Waals surface area contributed by atoms with E-state index in [4.69, 9.17) is 17.3 Å². The Hall–Kier alpha value is -0.390. The zero-order chi connectivity index (χ0) is 14.0. The SMILES string of the molecule is CS(=O)(=O)C1CCCC(Sc2ccc(N)c(Cl)c2)C1. The minimum absolute atomic E-state index is 0.192. The average Bonchev–Trinajstić information content (AvgIpc) is 2.33. The molecule has 1 saturated carbocycles. The zero-order valence-corrected chi connectivity index (χ0v) is 13.2. The number of nitrogen functional groups attached to an aromatic ring is 1. The van der Waals surface area contributed by atoms with Crippen LogP contribution < -0.4 is 5.73 Å². The third-order valence-electron chi connectivity index (χ3n) is 3.46. The van der Waals surface area contributed by atoms with Gasteiger partial charge in [-0.1, -0.05) is 18.0 Å². The van der Waals surface area contributed by atoms with E-state index >= 15 is 0 Å². The van der Waals surface area contributed by atoms with Gasteiger partial charge in [0.25, 0.3) is 0 Å². The van der Waals surface area contributed by atoms with Gasteiger partial charge in [0.15, 0.2) is 0 Å². The maximum Gasteiger partial charge on any atom is 0.150 e. The number of thioether (sulfide) groups is 1. The molecule has 2 unspecified atom stereocenters. The van der Waals surface area contributed by atoms with E-state index in [-0.39, 0.29) is 5.25 Å². The molecule has 0 saturated heterocycles. The molecule has 1 aromatic carbocycles. The molecule has 0 spiro atoms. The summed E-state index contributed by atoms with van der Waals surface area (Å²) in [5.41, 5.74) is 6.25. The number of nitrogens with two attached hydrogens (primary N) is 1. The van der Waals surface area contributed by atoms with Crippen LogP contribution in [0.4, 0.5) is 5.69 Å². The van der Waals surface area contributed by atoms with Crippen molar-refractivity contribution in [2.75, 3.05) is 12.0 Å². The summed E-state index contributed by atoms with van der Waals surface area (Å²) in [6, 6.07) is 5.59.